The van der Waals surface area contributed by atoms with E-state index in [1.165, 1.54) is 12.1 Å². The van der Waals surface area contributed by atoms with Gasteiger partial charge in [0, 0.05) is 5.56 Å². The average Bonchev–Trinajstić information content (AvgIpc) is 2.14. The molecule has 0 aliphatic rings. The lowest BCUT2D eigenvalue weighted by Gasteiger charge is -2.22. The van der Waals surface area contributed by atoms with Crippen LogP contribution < -0.4 is 4.74 Å². The van der Waals surface area contributed by atoms with Gasteiger partial charge in [-0.05, 0) is 17.5 Å². The highest BCUT2D eigenvalue weighted by molar-refractivity contribution is 6.33. The highest BCUT2D eigenvalue weighted by Gasteiger charge is 2.24. The Balaban J connectivity index is 3.17. The molecule has 0 radical (unpaired) electrons. The van der Waals surface area contributed by atoms with Gasteiger partial charge in [-0.15, -0.1) is 0 Å². The SMILES string of the molecule is CC(C)(C)c1c(F)ccc(OCCO)c1Cl. The minimum atomic E-state index is -0.389. The fourth-order valence-electron chi connectivity index (χ4n) is 1.49. The third kappa shape index (κ3) is 2.86. The maximum atomic E-state index is 13.7. The van der Waals surface area contributed by atoms with Crippen LogP contribution in [0.3, 0.4) is 0 Å². The minimum Gasteiger partial charge on any atom is -0.490 e. The number of aliphatic hydroxyl groups excluding tert-OH is 1. The molecule has 1 aromatic carbocycles. The van der Waals surface area contributed by atoms with E-state index in [4.69, 9.17) is 21.4 Å². The third-order valence-electron chi connectivity index (χ3n) is 2.15. The zero-order valence-corrected chi connectivity index (χ0v) is 10.4. The molecule has 0 spiro atoms. The van der Waals surface area contributed by atoms with Gasteiger partial charge in [0.25, 0.3) is 0 Å². The van der Waals surface area contributed by atoms with Crippen LogP contribution in [0, 0.1) is 5.82 Å². The van der Waals surface area contributed by atoms with Crippen molar-refractivity contribution in [1.82, 2.24) is 0 Å². The molecule has 90 valence electrons. The van der Waals surface area contributed by atoms with Gasteiger partial charge in [0.2, 0.25) is 0 Å². The van der Waals surface area contributed by atoms with Gasteiger partial charge in [-0.3, -0.25) is 0 Å². The molecule has 0 heterocycles. The molecule has 0 unspecified atom stereocenters. The van der Waals surface area contributed by atoms with Crippen molar-refractivity contribution in [3.8, 4) is 5.75 Å². The van der Waals surface area contributed by atoms with Crippen molar-refractivity contribution >= 4 is 11.6 Å². The molecule has 1 aromatic rings. The van der Waals surface area contributed by atoms with Crippen LogP contribution in [-0.2, 0) is 5.41 Å². The summed E-state index contributed by atoms with van der Waals surface area (Å²) in [6.45, 7) is 5.70. The Hall–Kier alpha value is -0.800. The summed E-state index contributed by atoms with van der Waals surface area (Å²) < 4.78 is 18.9. The lowest BCUT2D eigenvalue weighted by molar-refractivity contribution is 0.201. The van der Waals surface area contributed by atoms with E-state index >= 15 is 0 Å². The molecule has 0 aliphatic carbocycles. The van der Waals surface area contributed by atoms with E-state index in [0.29, 0.717) is 11.3 Å². The van der Waals surface area contributed by atoms with Crippen LogP contribution in [0.15, 0.2) is 12.1 Å². The van der Waals surface area contributed by atoms with E-state index in [1.807, 2.05) is 20.8 Å². The number of ether oxygens (including phenoxy) is 1. The third-order valence-corrected chi connectivity index (χ3v) is 2.53. The Kier molecular flexibility index (Phi) is 4.16. The summed E-state index contributed by atoms with van der Waals surface area (Å²) in [5.74, 6) is 0.0656. The monoisotopic (exact) mass is 246 g/mol. The lowest BCUT2D eigenvalue weighted by atomic mass is 9.86. The number of halogens is 2. The molecule has 16 heavy (non-hydrogen) atoms. The summed E-state index contributed by atoms with van der Waals surface area (Å²) in [5.41, 5.74) is 0.0457. The van der Waals surface area contributed by atoms with Crippen LogP contribution in [-0.4, -0.2) is 18.3 Å². The Labute approximate surface area is 100.0 Å². The molecule has 0 saturated carbocycles. The fraction of sp³-hybridized carbons (Fsp3) is 0.500. The van der Waals surface area contributed by atoms with Gasteiger partial charge < -0.3 is 9.84 Å². The number of aliphatic hydroxyl groups is 1. The van der Waals surface area contributed by atoms with Crippen LogP contribution in [0.4, 0.5) is 4.39 Å². The van der Waals surface area contributed by atoms with Gasteiger partial charge >= 0.3 is 0 Å². The van der Waals surface area contributed by atoms with E-state index < -0.39 is 0 Å². The smallest absolute Gasteiger partial charge is 0.138 e. The van der Waals surface area contributed by atoms with Crippen molar-refractivity contribution in [2.45, 2.75) is 26.2 Å². The highest BCUT2D eigenvalue weighted by atomic mass is 35.5. The van der Waals surface area contributed by atoms with Crippen molar-refractivity contribution in [3.05, 3.63) is 28.5 Å². The Bertz CT molecular complexity index is 372. The van der Waals surface area contributed by atoms with Gasteiger partial charge in [0.1, 0.15) is 18.2 Å². The van der Waals surface area contributed by atoms with E-state index in [1.54, 1.807) is 0 Å². The van der Waals surface area contributed by atoms with Gasteiger partial charge in [0.15, 0.2) is 0 Å². The maximum absolute atomic E-state index is 13.7. The molecule has 0 aliphatic heterocycles. The zero-order chi connectivity index (χ0) is 12.3. The van der Waals surface area contributed by atoms with Crippen molar-refractivity contribution in [2.24, 2.45) is 0 Å². The summed E-state index contributed by atoms with van der Waals surface area (Å²) >= 11 is 6.09. The first-order chi connectivity index (χ1) is 7.38. The molecule has 1 rings (SSSR count). The van der Waals surface area contributed by atoms with E-state index in [2.05, 4.69) is 0 Å². The molecule has 0 bridgehead atoms. The second-order valence-electron chi connectivity index (χ2n) is 4.56. The molecule has 0 atom stereocenters. The molecule has 0 amide bonds. The summed E-state index contributed by atoms with van der Waals surface area (Å²) in [6, 6.07) is 2.81. The quantitative estimate of drug-likeness (QED) is 0.888. The summed E-state index contributed by atoms with van der Waals surface area (Å²) in [4.78, 5) is 0. The van der Waals surface area contributed by atoms with E-state index in [9.17, 15) is 4.39 Å². The standard InChI is InChI=1S/C12H16ClFO2/c1-12(2,3)10-8(14)4-5-9(11(10)13)16-7-6-15/h4-5,15H,6-7H2,1-3H3. The zero-order valence-electron chi connectivity index (χ0n) is 9.68. The van der Waals surface area contributed by atoms with Gasteiger partial charge in [-0.1, -0.05) is 32.4 Å². The second-order valence-corrected chi connectivity index (χ2v) is 4.93. The van der Waals surface area contributed by atoms with Crippen molar-refractivity contribution in [2.75, 3.05) is 13.2 Å². The highest BCUT2D eigenvalue weighted by Crippen LogP contribution is 2.37. The molecular formula is C12H16ClFO2. The number of rotatable bonds is 3. The lowest BCUT2D eigenvalue weighted by Crippen LogP contribution is -2.15. The van der Waals surface area contributed by atoms with Crippen LogP contribution in [0.25, 0.3) is 0 Å². The molecular weight excluding hydrogens is 231 g/mol. The van der Waals surface area contributed by atoms with Crippen LogP contribution >= 0.6 is 11.6 Å². The van der Waals surface area contributed by atoms with Crippen molar-refractivity contribution in [3.63, 3.8) is 0 Å². The number of hydrogen-bond donors (Lipinski definition) is 1. The first-order valence-corrected chi connectivity index (χ1v) is 5.48. The van der Waals surface area contributed by atoms with Crippen molar-refractivity contribution in [1.29, 1.82) is 0 Å². The van der Waals surface area contributed by atoms with Crippen LogP contribution in [0.1, 0.15) is 26.3 Å². The Morgan fingerprint density at radius 2 is 2.00 bits per heavy atom. The number of hydrogen-bond acceptors (Lipinski definition) is 2. The van der Waals surface area contributed by atoms with Crippen LogP contribution in [0.2, 0.25) is 5.02 Å². The van der Waals surface area contributed by atoms with Crippen molar-refractivity contribution < 1.29 is 14.2 Å². The fourth-order valence-corrected chi connectivity index (χ4v) is 1.98. The largest absolute Gasteiger partial charge is 0.490 e. The minimum absolute atomic E-state index is 0.0987. The van der Waals surface area contributed by atoms with Gasteiger partial charge in [0.05, 0.1) is 11.6 Å². The topological polar surface area (TPSA) is 29.5 Å². The maximum Gasteiger partial charge on any atom is 0.138 e. The van der Waals surface area contributed by atoms with E-state index in [0.717, 1.165) is 0 Å². The van der Waals surface area contributed by atoms with Crippen LogP contribution in [0.5, 0.6) is 5.75 Å². The summed E-state index contributed by atoms with van der Waals surface area (Å²) in [6.07, 6.45) is 0. The second kappa shape index (κ2) is 5.02. The first kappa shape index (κ1) is 13.3. The Morgan fingerprint density at radius 1 is 1.38 bits per heavy atom. The average molecular weight is 247 g/mol. The molecule has 4 heteroatoms. The normalized spacial score (nSPS) is 11.6. The van der Waals surface area contributed by atoms with E-state index in [-0.39, 0.29) is 29.5 Å². The predicted molar refractivity (Wildman–Crippen MR) is 62.7 cm³/mol. The molecule has 0 aromatic heterocycles. The Morgan fingerprint density at radius 3 is 2.50 bits per heavy atom. The first-order valence-electron chi connectivity index (χ1n) is 5.10. The number of benzene rings is 1. The molecule has 0 fully saturated rings. The summed E-state index contributed by atoms with van der Waals surface area (Å²) in [5, 5.41) is 8.94. The van der Waals surface area contributed by atoms with Gasteiger partial charge in [-0.2, -0.15) is 0 Å². The molecule has 1 N–H and O–H groups in total. The molecule has 2 nitrogen and oxygen atoms in total. The summed E-state index contributed by atoms with van der Waals surface area (Å²) in [7, 11) is 0. The predicted octanol–water partition coefficient (Wildman–Crippen LogP) is 3.15. The molecule has 0 saturated heterocycles. The van der Waals surface area contributed by atoms with Gasteiger partial charge in [-0.25, -0.2) is 4.39 Å².